The van der Waals surface area contributed by atoms with Crippen molar-refractivity contribution in [1.82, 2.24) is 0 Å². The van der Waals surface area contributed by atoms with Crippen LogP contribution in [0.15, 0.2) is 29.5 Å². The van der Waals surface area contributed by atoms with Crippen LogP contribution in [0.25, 0.3) is 0 Å². The Morgan fingerprint density at radius 1 is 1.25 bits per heavy atom. The molecule has 0 amide bonds. The van der Waals surface area contributed by atoms with Crippen LogP contribution in [0.3, 0.4) is 0 Å². The number of benzene rings is 1. The minimum Gasteiger partial charge on any atom is -0.501 e. The molecule has 0 aliphatic rings. The number of methoxy groups -OCH3 is 1. The first kappa shape index (κ1) is 20.1. The Morgan fingerprint density at radius 2 is 1.92 bits per heavy atom. The predicted octanol–water partition coefficient (Wildman–Crippen LogP) is 4.60. The van der Waals surface area contributed by atoms with Gasteiger partial charge in [-0.05, 0) is 55.0 Å². The monoisotopic (exact) mass is 334 g/mol. The summed E-state index contributed by atoms with van der Waals surface area (Å²) >= 11 is 0. The van der Waals surface area contributed by atoms with Crippen molar-refractivity contribution in [2.24, 2.45) is 11.8 Å². The Hall–Kier alpha value is -1.97. The van der Waals surface area contributed by atoms with E-state index in [2.05, 4.69) is 27.7 Å². The molecule has 0 bridgehead atoms. The molecule has 1 aromatic carbocycles. The summed E-state index contributed by atoms with van der Waals surface area (Å²) in [4.78, 5) is 10.7. The third kappa shape index (κ3) is 5.91. The number of hydrogen-bond acceptors (Lipinski definition) is 3. The summed E-state index contributed by atoms with van der Waals surface area (Å²) in [6.07, 6.45) is 0.691. The molecule has 4 nitrogen and oxygen atoms in total. The Labute approximate surface area is 145 Å². The van der Waals surface area contributed by atoms with Gasteiger partial charge in [0.1, 0.15) is 11.5 Å². The van der Waals surface area contributed by atoms with Crippen LogP contribution in [0.2, 0.25) is 0 Å². The van der Waals surface area contributed by atoms with Crippen LogP contribution in [-0.4, -0.2) is 24.8 Å². The third-order valence-electron chi connectivity index (χ3n) is 4.34. The Bertz CT molecular complexity index is 587. The minimum atomic E-state index is -0.775. The van der Waals surface area contributed by atoms with Crippen molar-refractivity contribution in [2.45, 2.75) is 47.5 Å². The molecular weight excluding hydrogens is 304 g/mol. The van der Waals surface area contributed by atoms with Gasteiger partial charge in [-0.25, -0.2) is 0 Å². The Kier molecular flexibility index (Phi) is 7.83. The second-order valence-corrected chi connectivity index (χ2v) is 6.60. The van der Waals surface area contributed by atoms with E-state index in [1.807, 2.05) is 25.1 Å². The second kappa shape index (κ2) is 9.36. The van der Waals surface area contributed by atoms with E-state index in [9.17, 15) is 4.79 Å². The highest BCUT2D eigenvalue weighted by Gasteiger charge is 2.15. The first-order valence-corrected chi connectivity index (χ1v) is 8.45. The van der Waals surface area contributed by atoms with Crippen LogP contribution in [0.5, 0.6) is 5.75 Å². The van der Waals surface area contributed by atoms with Gasteiger partial charge in [-0.1, -0.05) is 26.8 Å². The zero-order chi connectivity index (χ0) is 18.3. The Balaban J connectivity index is 2.72. The van der Waals surface area contributed by atoms with Gasteiger partial charge >= 0.3 is 5.97 Å². The van der Waals surface area contributed by atoms with Crippen molar-refractivity contribution in [2.75, 3.05) is 13.7 Å². The van der Waals surface area contributed by atoms with E-state index in [0.717, 1.165) is 22.6 Å². The largest absolute Gasteiger partial charge is 0.501 e. The first-order valence-electron chi connectivity index (χ1n) is 8.45. The molecule has 4 heteroatoms. The molecular formula is C20H30O4. The molecule has 0 spiro atoms. The summed E-state index contributed by atoms with van der Waals surface area (Å²) in [5.41, 5.74) is 3.35. The summed E-state index contributed by atoms with van der Waals surface area (Å²) in [5.74, 6) is 1.63. The molecule has 0 radical (unpaired) electrons. The van der Waals surface area contributed by atoms with Gasteiger partial charge in [-0.2, -0.15) is 0 Å². The lowest BCUT2D eigenvalue weighted by molar-refractivity contribution is -0.136. The normalized spacial score (nSPS) is 13.5. The molecule has 0 saturated carbocycles. The summed E-state index contributed by atoms with van der Waals surface area (Å²) in [6, 6.07) is 5.82. The number of aryl methyl sites for hydroxylation is 2. The van der Waals surface area contributed by atoms with Gasteiger partial charge in [-0.15, -0.1) is 0 Å². The van der Waals surface area contributed by atoms with Gasteiger partial charge in [0, 0.05) is 12.3 Å². The molecule has 1 atom stereocenters. The van der Waals surface area contributed by atoms with Crippen molar-refractivity contribution in [3.8, 4) is 5.75 Å². The molecule has 0 heterocycles. The number of carboxylic acids is 1. The van der Waals surface area contributed by atoms with Crippen LogP contribution in [0.4, 0.5) is 0 Å². The molecule has 0 aliphatic carbocycles. The van der Waals surface area contributed by atoms with Crippen LogP contribution in [0.1, 0.15) is 45.2 Å². The lowest BCUT2D eigenvalue weighted by Crippen LogP contribution is -2.15. The molecule has 0 aliphatic heterocycles. The van der Waals surface area contributed by atoms with Crippen molar-refractivity contribution in [1.29, 1.82) is 0 Å². The lowest BCUT2D eigenvalue weighted by atomic mass is 9.98. The van der Waals surface area contributed by atoms with E-state index in [-0.39, 0.29) is 12.3 Å². The summed E-state index contributed by atoms with van der Waals surface area (Å²) in [5, 5.41) is 8.78. The summed E-state index contributed by atoms with van der Waals surface area (Å²) in [7, 11) is 1.71. The van der Waals surface area contributed by atoms with Gasteiger partial charge in [-0.3, -0.25) is 4.79 Å². The molecule has 24 heavy (non-hydrogen) atoms. The number of ether oxygens (including phenoxy) is 2. The standard InChI is InChI=1S/C20H30O4/c1-13(2)16(5)20(23-6)15(4)12-24-18-9-7-17(14(3)11-18)8-10-19(21)22/h7,9,11,13,15H,8,10,12H2,1-6H3,(H,21,22)/b20-16+. The van der Waals surface area contributed by atoms with E-state index < -0.39 is 5.97 Å². The first-order chi connectivity index (χ1) is 11.3. The molecule has 1 N–H and O–H groups in total. The van der Waals surface area contributed by atoms with Gasteiger partial charge in [0.05, 0.1) is 13.7 Å². The quantitative estimate of drug-likeness (QED) is 0.670. The fraction of sp³-hybridized carbons (Fsp3) is 0.550. The minimum absolute atomic E-state index is 0.147. The van der Waals surface area contributed by atoms with Crippen molar-refractivity contribution < 1.29 is 19.4 Å². The molecule has 1 unspecified atom stereocenters. The zero-order valence-electron chi connectivity index (χ0n) is 15.7. The topological polar surface area (TPSA) is 55.8 Å². The van der Waals surface area contributed by atoms with E-state index in [4.69, 9.17) is 14.6 Å². The van der Waals surface area contributed by atoms with Crippen molar-refractivity contribution in [3.05, 3.63) is 40.7 Å². The van der Waals surface area contributed by atoms with Gasteiger partial charge in [0.2, 0.25) is 0 Å². The summed E-state index contributed by atoms with van der Waals surface area (Å²) in [6.45, 7) is 11.0. The summed E-state index contributed by atoms with van der Waals surface area (Å²) < 4.78 is 11.5. The van der Waals surface area contributed by atoms with Crippen LogP contribution < -0.4 is 4.74 Å². The van der Waals surface area contributed by atoms with Gasteiger partial charge in [0.15, 0.2) is 0 Å². The predicted molar refractivity (Wildman–Crippen MR) is 96.3 cm³/mol. The van der Waals surface area contributed by atoms with Gasteiger partial charge < -0.3 is 14.6 Å². The maximum Gasteiger partial charge on any atom is 0.303 e. The highest BCUT2D eigenvalue weighted by atomic mass is 16.5. The highest BCUT2D eigenvalue weighted by molar-refractivity contribution is 5.67. The molecule has 0 fully saturated rings. The maximum atomic E-state index is 10.7. The fourth-order valence-corrected chi connectivity index (χ4v) is 2.61. The lowest BCUT2D eigenvalue weighted by Gasteiger charge is -2.20. The van der Waals surface area contributed by atoms with Crippen LogP contribution in [-0.2, 0) is 16.0 Å². The van der Waals surface area contributed by atoms with E-state index in [0.29, 0.717) is 18.9 Å². The van der Waals surface area contributed by atoms with E-state index in [1.54, 1.807) is 7.11 Å². The molecule has 134 valence electrons. The van der Waals surface area contributed by atoms with Crippen molar-refractivity contribution in [3.63, 3.8) is 0 Å². The molecule has 0 saturated heterocycles. The third-order valence-corrected chi connectivity index (χ3v) is 4.34. The van der Waals surface area contributed by atoms with E-state index in [1.165, 1.54) is 5.57 Å². The maximum absolute atomic E-state index is 10.7. The van der Waals surface area contributed by atoms with E-state index >= 15 is 0 Å². The number of carbonyl (C=O) groups is 1. The molecule has 1 aromatic rings. The number of aliphatic carboxylic acids is 1. The molecule has 1 rings (SSSR count). The second-order valence-electron chi connectivity index (χ2n) is 6.60. The number of rotatable bonds is 9. The number of hydrogen-bond donors (Lipinski definition) is 1. The van der Waals surface area contributed by atoms with Gasteiger partial charge in [0.25, 0.3) is 0 Å². The highest BCUT2D eigenvalue weighted by Crippen LogP contribution is 2.24. The Morgan fingerprint density at radius 3 is 2.42 bits per heavy atom. The van der Waals surface area contributed by atoms with Crippen LogP contribution in [0, 0.1) is 18.8 Å². The fourth-order valence-electron chi connectivity index (χ4n) is 2.61. The number of allylic oxidation sites excluding steroid dienone is 1. The van der Waals surface area contributed by atoms with Crippen LogP contribution >= 0.6 is 0 Å². The average molecular weight is 334 g/mol. The average Bonchev–Trinajstić information content (AvgIpc) is 2.52. The zero-order valence-corrected chi connectivity index (χ0v) is 15.7. The molecule has 0 aromatic heterocycles. The smallest absolute Gasteiger partial charge is 0.303 e. The van der Waals surface area contributed by atoms with Crippen molar-refractivity contribution >= 4 is 5.97 Å². The number of carboxylic acid groups (broad SMARTS) is 1. The SMILES string of the molecule is CO/C(=C(\C)C(C)C)C(C)COc1ccc(CCC(=O)O)c(C)c1.